The molecule has 1 aromatic heterocycles. The van der Waals surface area contributed by atoms with E-state index in [9.17, 15) is 9.18 Å². The van der Waals surface area contributed by atoms with Gasteiger partial charge in [0.25, 0.3) is 0 Å². The van der Waals surface area contributed by atoms with Gasteiger partial charge in [-0.05, 0) is 48.9 Å². The second-order valence-corrected chi connectivity index (χ2v) is 6.28. The lowest BCUT2D eigenvalue weighted by Gasteiger charge is -2.32. The number of nitrogens with one attached hydrogen (secondary N) is 1. The van der Waals surface area contributed by atoms with Crippen LogP contribution in [0.1, 0.15) is 24.1 Å². The third-order valence-electron chi connectivity index (χ3n) is 4.51. The molecule has 2 aromatic rings. The first kappa shape index (κ1) is 16.5. The van der Waals surface area contributed by atoms with Crippen molar-refractivity contribution in [1.82, 2.24) is 15.1 Å². The zero-order chi connectivity index (χ0) is 16.9. The van der Waals surface area contributed by atoms with Gasteiger partial charge in [0, 0.05) is 25.0 Å². The fraction of sp³-hybridized carbons (Fsp3) is 0.444. The van der Waals surface area contributed by atoms with Crippen molar-refractivity contribution >= 4 is 5.91 Å². The van der Waals surface area contributed by atoms with Crippen molar-refractivity contribution in [3.8, 4) is 5.75 Å². The maximum absolute atomic E-state index is 13.8. The van der Waals surface area contributed by atoms with Crippen LogP contribution in [-0.2, 0) is 17.6 Å². The number of amides is 1. The van der Waals surface area contributed by atoms with Crippen LogP contribution in [0.2, 0.25) is 0 Å². The molecule has 128 valence electrons. The molecule has 5 nitrogen and oxygen atoms in total. The van der Waals surface area contributed by atoms with Crippen molar-refractivity contribution in [3.63, 3.8) is 0 Å². The molecule has 2 heterocycles. The largest absolute Gasteiger partial charge is 0.494 e. The Labute approximate surface area is 140 Å². The Kier molecular flexibility index (Phi) is 5.13. The van der Waals surface area contributed by atoms with Crippen LogP contribution < -0.4 is 4.74 Å². The van der Waals surface area contributed by atoms with E-state index in [4.69, 9.17) is 4.74 Å². The van der Waals surface area contributed by atoms with Crippen LogP contribution in [0.5, 0.6) is 5.75 Å². The van der Waals surface area contributed by atoms with Gasteiger partial charge < -0.3 is 9.64 Å². The number of H-pyrrole nitrogens is 1. The average molecular weight is 331 g/mol. The highest BCUT2D eigenvalue weighted by Crippen LogP contribution is 2.22. The molecule has 1 N–H and O–H groups in total. The standard InChI is InChI=1S/C18H22FN3O2/c1-24-17-5-4-13(10-16(17)19)11-18(23)22-8-2-3-14(12-22)9-15-6-7-20-21-15/h4-7,10,14H,2-3,8-9,11-12H2,1H3,(H,20,21)/t14-/m1/s1. The Morgan fingerprint density at radius 2 is 2.33 bits per heavy atom. The van der Waals surface area contributed by atoms with E-state index in [0.717, 1.165) is 38.0 Å². The van der Waals surface area contributed by atoms with Gasteiger partial charge in [0.15, 0.2) is 11.6 Å². The van der Waals surface area contributed by atoms with Crippen LogP contribution in [0.15, 0.2) is 30.5 Å². The summed E-state index contributed by atoms with van der Waals surface area (Å²) in [4.78, 5) is 14.4. The molecule has 1 aliphatic heterocycles. The van der Waals surface area contributed by atoms with Crippen molar-refractivity contribution in [2.24, 2.45) is 5.92 Å². The molecule has 0 unspecified atom stereocenters. The molecule has 1 fully saturated rings. The van der Waals surface area contributed by atoms with Gasteiger partial charge in [-0.15, -0.1) is 0 Å². The van der Waals surface area contributed by atoms with Crippen LogP contribution in [0.3, 0.4) is 0 Å². The SMILES string of the molecule is COc1ccc(CC(=O)N2CCC[C@H](Cc3ccn[nH]3)C2)cc1F. The molecule has 1 aliphatic rings. The number of rotatable bonds is 5. The Morgan fingerprint density at radius 1 is 1.46 bits per heavy atom. The molecular weight excluding hydrogens is 309 g/mol. The molecule has 1 atom stereocenters. The molecule has 6 heteroatoms. The van der Waals surface area contributed by atoms with E-state index in [-0.39, 0.29) is 18.1 Å². The number of hydrogen-bond donors (Lipinski definition) is 1. The summed E-state index contributed by atoms with van der Waals surface area (Å²) in [6.07, 6.45) is 4.99. The third kappa shape index (κ3) is 3.93. The molecule has 1 aromatic carbocycles. The number of ether oxygens (including phenoxy) is 1. The maximum atomic E-state index is 13.8. The summed E-state index contributed by atoms with van der Waals surface area (Å²) in [6, 6.07) is 6.66. The van der Waals surface area contributed by atoms with E-state index < -0.39 is 5.82 Å². The summed E-state index contributed by atoms with van der Waals surface area (Å²) in [6.45, 7) is 1.52. The molecular formula is C18H22FN3O2. The second-order valence-electron chi connectivity index (χ2n) is 6.28. The lowest BCUT2D eigenvalue weighted by Crippen LogP contribution is -2.41. The van der Waals surface area contributed by atoms with E-state index in [0.29, 0.717) is 11.5 Å². The molecule has 24 heavy (non-hydrogen) atoms. The number of halogens is 1. The van der Waals surface area contributed by atoms with Crippen LogP contribution in [0, 0.1) is 11.7 Å². The van der Waals surface area contributed by atoms with Crippen molar-refractivity contribution in [1.29, 1.82) is 0 Å². The van der Waals surface area contributed by atoms with Crippen LogP contribution in [-0.4, -0.2) is 41.2 Å². The Bertz CT molecular complexity index is 688. The second kappa shape index (κ2) is 7.47. The number of aromatic amines is 1. The van der Waals surface area contributed by atoms with E-state index in [1.165, 1.54) is 13.2 Å². The minimum absolute atomic E-state index is 0.0499. The fourth-order valence-electron chi connectivity index (χ4n) is 3.27. The topological polar surface area (TPSA) is 58.2 Å². The molecule has 0 bridgehead atoms. The minimum atomic E-state index is -0.432. The highest BCUT2D eigenvalue weighted by molar-refractivity contribution is 5.79. The van der Waals surface area contributed by atoms with E-state index in [2.05, 4.69) is 10.2 Å². The summed E-state index contributed by atoms with van der Waals surface area (Å²) in [5.41, 5.74) is 1.78. The highest BCUT2D eigenvalue weighted by atomic mass is 19.1. The van der Waals surface area contributed by atoms with Crippen LogP contribution in [0.4, 0.5) is 4.39 Å². The summed E-state index contributed by atoms with van der Waals surface area (Å²) >= 11 is 0. The van der Waals surface area contributed by atoms with E-state index in [1.807, 2.05) is 11.0 Å². The van der Waals surface area contributed by atoms with Crippen LogP contribution in [0.25, 0.3) is 0 Å². The molecule has 0 radical (unpaired) electrons. The van der Waals surface area contributed by atoms with Gasteiger partial charge in [-0.2, -0.15) is 5.10 Å². The van der Waals surface area contributed by atoms with E-state index in [1.54, 1.807) is 18.3 Å². The van der Waals surface area contributed by atoms with Crippen molar-refractivity contribution in [2.75, 3.05) is 20.2 Å². The summed E-state index contributed by atoms with van der Waals surface area (Å²) in [5, 5.41) is 6.95. The number of piperidine rings is 1. The van der Waals surface area contributed by atoms with Gasteiger partial charge in [0.1, 0.15) is 0 Å². The molecule has 3 rings (SSSR count). The fourth-order valence-corrected chi connectivity index (χ4v) is 3.27. The Hall–Kier alpha value is -2.37. The zero-order valence-electron chi connectivity index (χ0n) is 13.8. The monoisotopic (exact) mass is 331 g/mol. The van der Waals surface area contributed by atoms with Gasteiger partial charge in [-0.1, -0.05) is 6.07 Å². The first-order valence-corrected chi connectivity index (χ1v) is 8.24. The van der Waals surface area contributed by atoms with Crippen molar-refractivity contribution in [2.45, 2.75) is 25.7 Å². The third-order valence-corrected chi connectivity index (χ3v) is 4.51. The van der Waals surface area contributed by atoms with Gasteiger partial charge >= 0.3 is 0 Å². The van der Waals surface area contributed by atoms with E-state index >= 15 is 0 Å². The summed E-state index contributed by atoms with van der Waals surface area (Å²) < 4.78 is 18.7. The predicted octanol–water partition coefficient (Wildman–Crippen LogP) is 2.58. The summed E-state index contributed by atoms with van der Waals surface area (Å²) in [5.74, 6) is 0.256. The predicted molar refractivity (Wildman–Crippen MR) is 88.3 cm³/mol. The lowest BCUT2D eigenvalue weighted by atomic mass is 9.93. The number of hydrogen-bond acceptors (Lipinski definition) is 3. The van der Waals surface area contributed by atoms with Crippen molar-refractivity contribution < 1.29 is 13.9 Å². The Morgan fingerprint density at radius 3 is 3.04 bits per heavy atom. The lowest BCUT2D eigenvalue weighted by molar-refractivity contribution is -0.132. The minimum Gasteiger partial charge on any atom is -0.494 e. The summed E-state index contributed by atoms with van der Waals surface area (Å²) in [7, 11) is 1.43. The van der Waals surface area contributed by atoms with Gasteiger partial charge in [-0.25, -0.2) is 4.39 Å². The number of methoxy groups -OCH3 is 1. The van der Waals surface area contributed by atoms with Gasteiger partial charge in [-0.3, -0.25) is 9.89 Å². The first-order chi connectivity index (χ1) is 11.7. The van der Waals surface area contributed by atoms with Crippen LogP contribution >= 0.6 is 0 Å². The smallest absolute Gasteiger partial charge is 0.227 e. The normalized spacial score (nSPS) is 17.8. The molecule has 1 amide bonds. The molecule has 0 saturated carbocycles. The Balaban J connectivity index is 1.59. The first-order valence-electron chi connectivity index (χ1n) is 8.24. The number of benzene rings is 1. The molecule has 0 spiro atoms. The zero-order valence-corrected chi connectivity index (χ0v) is 13.8. The number of likely N-dealkylation sites (tertiary alicyclic amines) is 1. The van der Waals surface area contributed by atoms with Gasteiger partial charge in [0.2, 0.25) is 5.91 Å². The maximum Gasteiger partial charge on any atom is 0.227 e. The molecule has 1 saturated heterocycles. The number of carbonyl (C=O) groups is 1. The quantitative estimate of drug-likeness (QED) is 0.916. The number of carbonyl (C=O) groups excluding carboxylic acids is 1. The average Bonchev–Trinajstić information content (AvgIpc) is 3.08. The number of aromatic nitrogens is 2. The molecule has 0 aliphatic carbocycles. The van der Waals surface area contributed by atoms with Gasteiger partial charge in [0.05, 0.1) is 13.5 Å². The number of nitrogens with zero attached hydrogens (tertiary/aromatic N) is 2. The van der Waals surface area contributed by atoms with Crippen molar-refractivity contribution in [3.05, 3.63) is 47.5 Å². The highest BCUT2D eigenvalue weighted by Gasteiger charge is 2.24.